The molecule has 1 saturated heterocycles. The Hall–Kier alpha value is -2.96. The maximum Gasteiger partial charge on any atom is 0.223 e. The Morgan fingerprint density at radius 3 is 2.73 bits per heavy atom. The second-order valence-corrected chi connectivity index (χ2v) is 6.76. The van der Waals surface area contributed by atoms with E-state index in [4.69, 9.17) is 0 Å². The molecular formula is C19H22N6O. The summed E-state index contributed by atoms with van der Waals surface area (Å²) >= 11 is 0. The minimum absolute atomic E-state index is 0.0517. The molecule has 3 aromatic rings. The summed E-state index contributed by atoms with van der Waals surface area (Å²) in [6, 6.07) is 8.25. The average Bonchev–Trinajstić information content (AvgIpc) is 3.16. The summed E-state index contributed by atoms with van der Waals surface area (Å²) in [7, 11) is 0. The number of fused-ring (bicyclic) bond motifs is 1. The summed E-state index contributed by atoms with van der Waals surface area (Å²) in [5.41, 5.74) is 3.88. The molecule has 0 radical (unpaired) electrons. The van der Waals surface area contributed by atoms with Crippen molar-refractivity contribution in [2.45, 2.75) is 26.3 Å². The van der Waals surface area contributed by atoms with Gasteiger partial charge >= 0.3 is 0 Å². The number of hydrogen-bond acceptors (Lipinski definition) is 5. The Morgan fingerprint density at radius 2 is 1.96 bits per heavy atom. The lowest BCUT2D eigenvalue weighted by Gasteiger charge is -2.32. The van der Waals surface area contributed by atoms with Crippen molar-refractivity contribution >= 4 is 22.9 Å². The van der Waals surface area contributed by atoms with Crippen molar-refractivity contribution in [3.8, 4) is 0 Å². The topological polar surface area (TPSA) is 86.8 Å². The van der Waals surface area contributed by atoms with E-state index in [-0.39, 0.29) is 11.8 Å². The number of aromatic amines is 1. The minimum Gasteiger partial charge on any atom is -0.355 e. The van der Waals surface area contributed by atoms with Crippen LogP contribution < -0.4 is 10.2 Å². The van der Waals surface area contributed by atoms with Gasteiger partial charge in [0.2, 0.25) is 5.91 Å². The molecule has 1 aliphatic rings. The van der Waals surface area contributed by atoms with E-state index in [1.54, 1.807) is 12.7 Å². The molecule has 7 heteroatoms. The zero-order chi connectivity index (χ0) is 17.9. The fourth-order valence-corrected chi connectivity index (χ4v) is 3.38. The smallest absolute Gasteiger partial charge is 0.223 e. The monoisotopic (exact) mass is 350 g/mol. The van der Waals surface area contributed by atoms with Gasteiger partial charge < -0.3 is 15.2 Å². The first-order valence-electron chi connectivity index (χ1n) is 8.93. The maximum absolute atomic E-state index is 12.5. The Bertz CT molecular complexity index is 896. The van der Waals surface area contributed by atoms with Crippen LogP contribution in [0.15, 0.2) is 36.9 Å². The predicted molar refractivity (Wildman–Crippen MR) is 99.6 cm³/mol. The molecule has 1 aromatic carbocycles. The SMILES string of the molecule is Cc1ccc(CNC(=O)C2CCN(c3ncnc4nc[nH]c34)CC2)cc1. The maximum atomic E-state index is 12.5. The summed E-state index contributed by atoms with van der Waals surface area (Å²) in [6.45, 7) is 4.24. The number of aryl methyl sites for hydroxylation is 1. The third kappa shape index (κ3) is 3.37. The molecule has 2 N–H and O–H groups in total. The molecule has 1 amide bonds. The van der Waals surface area contributed by atoms with Crippen molar-refractivity contribution < 1.29 is 4.79 Å². The van der Waals surface area contributed by atoms with Gasteiger partial charge in [-0.2, -0.15) is 0 Å². The number of nitrogens with one attached hydrogen (secondary N) is 2. The molecule has 0 unspecified atom stereocenters. The van der Waals surface area contributed by atoms with Gasteiger partial charge in [-0.1, -0.05) is 29.8 Å². The number of H-pyrrole nitrogens is 1. The largest absolute Gasteiger partial charge is 0.355 e. The van der Waals surface area contributed by atoms with Gasteiger partial charge in [-0.25, -0.2) is 15.0 Å². The van der Waals surface area contributed by atoms with E-state index in [9.17, 15) is 4.79 Å². The van der Waals surface area contributed by atoms with Gasteiger partial charge in [-0.3, -0.25) is 4.79 Å². The van der Waals surface area contributed by atoms with Crippen LogP contribution in [0.4, 0.5) is 5.82 Å². The fourth-order valence-electron chi connectivity index (χ4n) is 3.38. The molecule has 0 atom stereocenters. The number of hydrogen-bond donors (Lipinski definition) is 2. The summed E-state index contributed by atoms with van der Waals surface area (Å²) in [6.07, 6.45) is 4.81. The van der Waals surface area contributed by atoms with Gasteiger partial charge in [0.15, 0.2) is 11.5 Å². The summed E-state index contributed by atoms with van der Waals surface area (Å²) in [5, 5.41) is 3.07. The van der Waals surface area contributed by atoms with E-state index >= 15 is 0 Å². The van der Waals surface area contributed by atoms with Crippen LogP contribution in [0.1, 0.15) is 24.0 Å². The fraction of sp³-hybridized carbons (Fsp3) is 0.368. The van der Waals surface area contributed by atoms with E-state index < -0.39 is 0 Å². The lowest BCUT2D eigenvalue weighted by Crippen LogP contribution is -2.40. The van der Waals surface area contributed by atoms with Gasteiger partial charge in [-0.05, 0) is 25.3 Å². The van der Waals surface area contributed by atoms with Crippen molar-refractivity contribution in [3.63, 3.8) is 0 Å². The number of benzene rings is 1. The van der Waals surface area contributed by atoms with Crippen LogP contribution in [0.25, 0.3) is 11.2 Å². The lowest BCUT2D eigenvalue weighted by atomic mass is 9.95. The molecule has 0 aliphatic carbocycles. The highest BCUT2D eigenvalue weighted by molar-refractivity contribution is 5.83. The highest BCUT2D eigenvalue weighted by atomic mass is 16.1. The number of rotatable bonds is 4. The van der Waals surface area contributed by atoms with Crippen LogP contribution >= 0.6 is 0 Å². The van der Waals surface area contributed by atoms with Gasteiger partial charge in [0.1, 0.15) is 11.8 Å². The molecule has 1 aliphatic heterocycles. The van der Waals surface area contributed by atoms with Crippen LogP contribution in [0.5, 0.6) is 0 Å². The molecule has 2 aromatic heterocycles. The molecule has 0 bridgehead atoms. The van der Waals surface area contributed by atoms with E-state index in [0.29, 0.717) is 12.2 Å². The van der Waals surface area contributed by atoms with E-state index in [1.165, 1.54) is 5.56 Å². The number of carbonyl (C=O) groups excluding carboxylic acids is 1. The Balaban J connectivity index is 1.33. The number of imidazole rings is 1. The number of piperidine rings is 1. The summed E-state index contributed by atoms with van der Waals surface area (Å²) in [5.74, 6) is 1.06. The molecule has 0 saturated carbocycles. The van der Waals surface area contributed by atoms with Crippen molar-refractivity contribution in [2.24, 2.45) is 5.92 Å². The molecular weight excluding hydrogens is 328 g/mol. The zero-order valence-electron chi connectivity index (χ0n) is 14.8. The normalized spacial score (nSPS) is 15.3. The van der Waals surface area contributed by atoms with Crippen LogP contribution in [0.3, 0.4) is 0 Å². The van der Waals surface area contributed by atoms with Crippen molar-refractivity contribution in [3.05, 3.63) is 48.0 Å². The third-order valence-corrected chi connectivity index (χ3v) is 4.96. The quantitative estimate of drug-likeness (QED) is 0.753. The second kappa shape index (κ2) is 7.11. The first-order chi connectivity index (χ1) is 12.7. The Morgan fingerprint density at radius 1 is 1.19 bits per heavy atom. The highest BCUT2D eigenvalue weighted by Gasteiger charge is 2.26. The van der Waals surface area contributed by atoms with Crippen LogP contribution in [-0.4, -0.2) is 38.9 Å². The molecule has 3 heterocycles. The van der Waals surface area contributed by atoms with E-state index in [0.717, 1.165) is 42.8 Å². The van der Waals surface area contributed by atoms with Crippen LogP contribution in [0, 0.1) is 12.8 Å². The average molecular weight is 350 g/mol. The first-order valence-corrected chi connectivity index (χ1v) is 8.93. The second-order valence-electron chi connectivity index (χ2n) is 6.76. The predicted octanol–water partition coefficient (Wildman–Crippen LogP) is 2.19. The van der Waals surface area contributed by atoms with Crippen molar-refractivity contribution in [1.29, 1.82) is 0 Å². The number of aromatic nitrogens is 4. The molecule has 7 nitrogen and oxygen atoms in total. The zero-order valence-corrected chi connectivity index (χ0v) is 14.8. The number of carbonyl (C=O) groups is 1. The first kappa shape index (κ1) is 16.5. The lowest BCUT2D eigenvalue weighted by molar-refractivity contribution is -0.125. The van der Waals surface area contributed by atoms with Crippen LogP contribution in [-0.2, 0) is 11.3 Å². The molecule has 0 spiro atoms. The van der Waals surface area contributed by atoms with Crippen LogP contribution in [0.2, 0.25) is 0 Å². The number of nitrogens with zero attached hydrogens (tertiary/aromatic N) is 4. The van der Waals surface area contributed by atoms with Crippen molar-refractivity contribution in [1.82, 2.24) is 25.3 Å². The Labute approximate surface area is 151 Å². The molecule has 134 valence electrons. The standard InChI is InChI=1S/C19H22N6O/c1-13-2-4-14(5-3-13)10-20-19(26)15-6-8-25(9-7-15)18-16-17(22-11-21-16)23-12-24-18/h2-5,11-12,15H,6-10H2,1H3,(H,20,26)(H,21,22,23,24). The Kier molecular flexibility index (Phi) is 4.51. The van der Waals surface area contributed by atoms with Gasteiger partial charge in [0.05, 0.1) is 6.33 Å². The van der Waals surface area contributed by atoms with E-state index in [1.807, 2.05) is 0 Å². The molecule has 4 rings (SSSR count). The van der Waals surface area contributed by atoms with Gasteiger partial charge in [-0.15, -0.1) is 0 Å². The number of amides is 1. The highest BCUT2D eigenvalue weighted by Crippen LogP contribution is 2.25. The third-order valence-electron chi connectivity index (χ3n) is 4.96. The number of anilines is 1. The van der Waals surface area contributed by atoms with Gasteiger partial charge in [0, 0.05) is 25.6 Å². The molecule has 1 fully saturated rings. The minimum atomic E-state index is 0.0517. The van der Waals surface area contributed by atoms with Gasteiger partial charge in [0.25, 0.3) is 0 Å². The van der Waals surface area contributed by atoms with Crippen molar-refractivity contribution in [2.75, 3.05) is 18.0 Å². The summed E-state index contributed by atoms with van der Waals surface area (Å²) < 4.78 is 0. The molecule has 26 heavy (non-hydrogen) atoms. The van der Waals surface area contributed by atoms with E-state index in [2.05, 4.69) is 61.3 Å². The summed E-state index contributed by atoms with van der Waals surface area (Å²) in [4.78, 5) is 30.5.